The number of nitrogens with one attached hydrogen (secondary N) is 1. The Balaban J connectivity index is 2.81. The first-order valence-electron chi connectivity index (χ1n) is 7.21. The Kier molecular flexibility index (Phi) is 6.89. The van der Waals surface area contributed by atoms with Gasteiger partial charge in [-0.2, -0.15) is 0 Å². The molecule has 19 heavy (non-hydrogen) atoms. The first kappa shape index (κ1) is 16.0. The number of likely N-dealkylation sites (N-methyl/N-ethyl adjacent to an activating group) is 2. The van der Waals surface area contributed by atoms with Gasteiger partial charge in [-0.15, -0.1) is 0 Å². The monoisotopic (exact) mass is 264 g/mol. The Morgan fingerprint density at radius 1 is 1.32 bits per heavy atom. The highest BCUT2D eigenvalue weighted by atomic mass is 16.5. The lowest BCUT2D eigenvalue weighted by Crippen LogP contribution is -2.39. The fraction of sp³-hybridized carbons (Fsp3) is 0.625. The normalized spacial score (nSPS) is 14.4. The number of hydrogen-bond donors (Lipinski definition) is 1. The van der Waals surface area contributed by atoms with Gasteiger partial charge in [-0.25, -0.2) is 0 Å². The number of benzene rings is 1. The fourth-order valence-corrected chi connectivity index (χ4v) is 2.34. The average Bonchev–Trinajstić information content (AvgIpc) is 2.47. The van der Waals surface area contributed by atoms with Crippen molar-refractivity contribution in [3.8, 4) is 5.75 Å². The minimum atomic E-state index is 0.337. The van der Waals surface area contributed by atoms with E-state index in [1.54, 1.807) is 7.11 Å². The molecule has 1 rings (SSSR count). The highest BCUT2D eigenvalue weighted by molar-refractivity contribution is 5.30. The standard InChI is InChI=1S/C16H28N2O/c1-6-13(3)18(7-2)12-16(17-4)14-9-8-10-15(11-14)19-5/h8-11,13,16-17H,6-7,12H2,1-5H3. The molecule has 0 spiro atoms. The molecule has 2 unspecified atom stereocenters. The summed E-state index contributed by atoms with van der Waals surface area (Å²) < 4.78 is 5.31. The van der Waals surface area contributed by atoms with Gasteiger partial charge in [0.2, 0.25) is 0 Å². The van der Waals surface area contributed by atoms with Crippen LogP contribution in [0, 0.1) is 0 Å². The van der Waals surface area contributed by atoms with E-state index in [1.807, 2.05) is 13.1 Å². The van der Waals surface area contributed by atoms with Crippen LogP contribution in [0.25, 0.3) is 0 Å². The van der Waals surface area contributed by atoms with Crippen LogP contribution in [0.15, 0.2) is 24.3 Å². The van der Waals surface area contributed by atoms with E-state index in [2.05, 4.69) is 49.2 Å². The van der Waals surface area contributed by atoms with E-state index in [0.29, 0.717) is 12.1 Å². The summed E-state index contributed by atoms with van der Waals surface area (Å²) in [4.78, 5) is 2.51. The molecule has 0 saturated heterocycles. The molecular weight excluding hydrogens is 236 g/mol. The summed E-state index contributed by atoms with van der Waals surface area (Å²) in [7, 11) is 3.74. The van der Waals surface area contributed by atoms with Crippen molar-refractivity contribution in [2.24, 2.45) is 0 Å². The number of hydrogen-bond acceptors (Lipinski definition) is 3. The van der Waals surface area contributed by atoms with Crippen molar-refractivity contribution >= 4 is 0 Å². The van der Waals surface area contributed by atoms with Crippen LogP contribution in [0.2, 0.25) is 0 Å². The Morgan fingerprint density at radius 2 is 2.05 bits per heavy atom. The topological polar surface area (TPSA) is 24.5 Å². The van der Waals surface area contributed by atoms with Crippen LogP contribution in [0.3, 0.4) is 0 Å². The van der Waals surface area contributed by atoms with E-state index in [0.717, 1.165) is 18.8 Å². The molecule has 0 bridgehead atoms. The Morgan fingerprint density at radius 3 is 2.58 bits per heavy atom. The van der Waals surface area contributed by atoms with Gasteiger partial charge < -0.3 is 10.1 Å². The highest BCUT2D eigenvalue weighted by Gasteiger charge is 2.17. The number of methoxy groups -OCH3 is 1. The first-order chi connectivity index (χ1) is 9.15. The van der Waals surface area contributed by atoms with Gasteiger partial charge in [0.25, 0.3) is 0 Å². The second-order valence-electron chi connectivity index (χ2n) is 4.96. The summed E-state index contributed by atoms with van der Waals surface area (Å²) in [5, 5.41) is 3.42. The minimum absolute atomic E-state index is 0.337. The molecule has 0 saturated carbocycles. The van der Waals surface area contributed by atoms with Crippen molar-refractivity contribution in [1.82, 2.24) is 10.2 Å². The molecule has 108 valence electrons. The van der Waals surface area contributed by atoms with E-state index < -0.39 is 0 Å². The fourth-order valence-electron chi connectivity index (χ4n) is 2.34. The van der Waals surface area contributed by atoms with Crippen molar-refractivity contribution in [1.29, 1.82) is 0 Å². The summed E-state index contributed by atoms with van der Waals surface area (Å²) >= 11 is 0. The van der Waals surface area contributed by atoms with Crippen LogP contribution in [-0.2, 0) is 0 Å². The lowest BCUT2D eigenvalue weighted by atomic mass is 10.0. The SMILES string of the molecule is CCC(C)N(CC)CC(NC)c1cccc(OC)c1. The summed E-state index contributed by atoms with van der Waals surface area (Å²) in [6.45, 7) is 8.87. The highest BCUT2D eigenvalue weighted by Crippen LogP contribution is 2.20. The van der Waals surface area contributed by atoms with E-state index in [4.69, 9.17) is 4.74 Å². The maximum absolute atomic E-state index is 5.31. The number of rotatable bonds is 8. The number of nitrogens with zero attached hydrogens (tertiary/aromatic N) is 1. The molecule has 3 nitrogen and oxygen atoms in total. The molecule has 0 radical (unpaired) electrons. The van der Waals surface area contributed by atoms with Gasteiger partial charge in [-0.05, 0) is 44.6 Å². The third kappa shape index (κ3) is 4.51. The third-order valence-electron chi connectivity index (χ3n) is 3.88. The molecule has 2 atom stereocenters. The minimum Gasteiger partial charge on any atom is -0.497 e. The van der Waals surface area contributed by atoms with Gasteiger partial charge in [0.15, 0.2) is 0 Å². The summed E-state index contributed by atoms with van der Waals surface area (Å²) in [6.07, 6.45) is 1.18. The van der Waals surface area contributed by atoms with Crippen molar-refractivity contribution in [2.45, 2.75) is 39.3 Å². The Labute approximate surface area is 118 Å². The maximum Gasteiger partial charge on any atom is 0.119 e. The lowest BCUT2D eigenvalue weighted by Gasteiger charge is -2.31. The summed E-state index contributed by atoms with van der Waals surface area (Å²) in [6, 6.07) is 9.27. The molecule has 0 fully saturated rings. The molecule has 0 amide bonds. The van der Waals surface area contributed by atoms with Crippen LogP contribution >= 0.6 is 0 Å². The molecule has 0 aliphatic rings. The number of ether oxygens (including phenoxy) is 1. The van der Waals surface area contributed by atoms with Crippen LogP contribution in [0.4, 0.5) is 0 Å². The lowest BCUT2D eigenvalue weighted by molar-refractivity contribution is 0.194. The second kappa shape index (κ2) is 8.18. The van der Waals surface area contributed by atoms with Crippen molar-refractivity contribution < 1.29 is 4.74 Å². The van der Waals surface area contributed by atoms with E-state index in [9.17, 15) is 0 Å². The summed E-state index contributed by atoms with van der Waals surface area (Å²) in [5.41, 5.74) is 1.28. The van der Waals surface area contributed by atoms with Crippen LogP contribution in [0.1, 0.15) is 38.8 Å². The molecule has 0 aliphatic heterocycles. The van der Waals surface area contributed by atoms with Crippen molar-refractivity contribution in [2.75, 3.05) is 27.2 Å². The van der Waals surface area contributed by atoms with E-state index in [-0.39, 0.29) is 0 Å². The van der Waals surface area contributed by atoms with Crippen LogP contribution in [0.5, 0.6) is 5.75 Å². The Hall–Kier alpha value is -1.06. The molecule has 0 aromatic heterocycles. The maximum atomic E-state index is 5.31. The molecule has 0 heterocycles. The quantitative estimate of drug-likeness (QED) is 0.781. The smallest absolute Gasteiger partial charge is 0.119 e. The molecular formula is C16H28N2O. The zero-order valence-corrected chi connectivity index (χ0v) is 12.9. The van der Waals surface area contributed by atoms with Crippen molar-refractivity contribution in [3.05, 3.63) is 29.8 Å². The molecule has 1 aromatic rings. The predicted octanol–water partition coefficient (Wildman–Crippen LogP) is 3.08. The molecule has 1 aromatic carbocycles. The zero-order chi connectivity index (χ0) is 14.3. The van der Waals surface area contributed by atoms with E-state index >= 15 is 0 Å². The summed E-state index contributed by atoms with van der Waals surface area (Å²) in [5.74, 6) is 0.921. The predicted molar refractivity (Wildman–Crippen MR) is 81.8 cm³/mol. The first-order valence-corrected chi connectivity index (χ1v) is 7.21. The Bertz CT molecular complexity index is 368. The average molecular weight is 264 g/mol. The van der Waals surface area contributed by atoms with Gasteiger partial charge in [-0.3, -0.25) is 4.90 Å². The zero-order valence-electron chi connectivity index (χ0n) is 12.9. The molecule has 3 heteroatoms. The van der Waals surface area contributed by atoms with Crippen molar-refractivity contribution in [3.63, 3.8) is 0 Å². The van der Waals surface area contributed by atoms with Crippen LogP contribution < -0.4 is 10.1 Å². The molecule has 0 aliphatic carbocycles. The van der Waals surface area contributed by atoms with Gasteiger partial charge in [0.1, 0.15) is 5.75 Å². The van der Waals surface area contributed by atoms with E-state index in [1.165, 1.54) is 12.0 Å². The largest absolute Gasteiger partial charge is 0.497 e. The third-order valence-corrected chi connectivity index (χ3v) is 3.88. The van der Waals surface area contributed by atoms with Gasteiger partial charge in [-0.1, -0.05) is 26.0 Å². The van der Waals surface area contributed by atoms with Gasteiger partial charge in [0.05, 0.1) is 7.11 Å². The molecule has 1 N–H and O–H groups in total. The van der Waals surface area contributed by atoms with Gasteiger partial charge >= 0.3 is 0 Å². The van der Waals surface area contributed by atoms with Gasteiger partial charge in [0, 0.05) is 18.6 Å². The van der Waals surface area contributed by atoms with Crippen LogP contribution in [-0.4, -0.2) is 38.2 Å². The second-order valence-corrected chi connectivity index (χ2v) is 4.96.